The first-order chi connectivity index (χ1) is 50.6. The lowest BCUT2D eigenvalue weighted by Crippen LogP contribution is -1.95. The molecule has 0 unspecified atom stereocenters. The van der Waals surface area contributed by atoms with Gasteiger partial charge in [0.25, 0.3) is 0 Å². The van der Waals surface area contributed by atoms with E-state index in [0.717, 1.165) is 50.1 Å². The molecule has 0 saturated heterocycles. The fourth-order valence-electron chi connectivity index (χ4n) is 16.9. The van der Waals surface area contributed by atoms with Crippen molar-refractivity contribution >= 4 is 97.0 Å². The SMILES string of the molecule is c1ccc2c(-c3cc(-c4cc(-c5cc(-c6cccc7ccccc67)cc(-c6cccc7ccccc67)c5)cc(-c5c6ccccc6c(-c6ccc(-c7cccc8ccccc78)c7cccc(-c8cccc9ccccc89)c67)c6ccccc56)c4)cc(-c4cccc5ccccc45)c3)cccc2c1. The Kier molecular flexibility index (Phi) is 14.0. The van der Waals surface area contributed by atoms with Gasteiger partial charge in [-0.3, -0.25) is 0 Å². The lowest BCUT2D eigenvalue weighted by molar-refractivity contribution is 1.56. The molecule has 0 saturated carbocycles. The van der Waals surface area contributed by atoms with Crippen molar-refractivity contribution in [2.45, 2.75) is 0 Å². The fourth-order valence-corrected chi connectivity index (χ4v) is 16.9. The average Bonchev–Trinajstić information content (AvgIpc) is 0.725. The van der Waals surface area contributed by atoms with Gasteiger partial charge in [-0.1, -0.05) is 334 Å². The number of hydrogen-bond acceptors (Lipinski definition) is 0. The molecular weight excluding hydrogens is 1230 g/mol. The van der Waals surface area contributed by atoms with Crippen LogP contribution in [-0.2, 0) is 0 Å². The van der Waals surface area contributed by atoms with Crippen LogP contribution in [-0.4, -0.2) is 0 Å². The summed E-state index contributed by atoms with van der Waals surface area (Å²) in [7, 11) is 0. The van der Waals surface area contributed by atoms with Gasteiger partial charge in [0.1, 0.15) is 0 Å². The molecular formula is C102H64. The molecule has 0 fully saturated rings. The Labute approximate surface area is 592 Å². The van der Waals surface area contributed by atoms with Crippen LogP contribution in [0.3, 0.4) is 0 Å². The fraction of sp³-hybridized carbons (Fsp3) is 0. The maximum atomic E-state index is 2.50. The molecule has 0 heteroatoms. The molecule has 0 aliphatic rings. The van der Waals surface area contributed by atoms with Gasteiger partial charge >= 0.3 is 0 Å². The first-order valence-corrected chi connectivity index (χ1v) is 35.4. The van der Waals surface area contributed by atoms with Crippen molar-refractivity contribution in [3.05, 3.63) is 388 Å². The van der Waals surface area contributed by atoms with E-state index in [2.05, 4.69) is 388 Å². The minimum Gasteiger partial charge on any atom is -0.0616 e. The van der Waals surface area contributed by atoms with Crippen molar-refractivity contribution in [1.82, 2.24) is 0 Å². The Bertz CT molecular complexity index is 6310. The third-order valence-electron chi connectivity index (χ3n) is 21.6. The second-order valence-electron chi connectivity index (χ2n) is 27.3. The molecule has 0 atom stereocenters. The topological polar surface area (TPSA) is 0 Å². The zero-order chi connectivity index (χ0) is 67.2. The van der Waals surface area contributed by atoms with Gasteiger partial charge in [0.15, 0.2) is 0 Å². The van der Waals surface area contributed by atoms with Crippen LogP contribution < -0.4 is 0 Å². The average molecular weight is 1290 g/mol. The summed E-state index contributed by atoms with van der Waals surface area (Å²) < 4.78 is 0. The summed E-state index contributed by atoms with van der Waals surface area (Å²) in [6, 6.07) is 146. The van der Waals surface area contributed by atoms with Crippen LogP contribution in [0.4, 0.5) is 0 Å². The van der Waals surface area contributed by atoms with E-state index in [1.165, 1.54) is 158 Å². The Morgan fingerprint density at radius 1 is 0.108 bits per heavy atom. The molecule has 472 valence electrons. The summed E-state index contributed by atoms with van der Waals surface area (Å²) in [4.78, 5) is 0. The van der Waals surface area contributed by atoms with Crippen LogP contribution >= 0.6 is 0 Å². The predicted octanol–water partition coefficient (Wildman–Crippen LogP) is 28.7. The highest BCUT2D eigenvalue weighted by molar-refractivity contribution is 6.27. The maximum Gasteiger partial charge on any atom is -0.00199 e. The van der Waals surface area contributed by atoms with Gasteiger partial charge in [0.2, 0.25) is 0 Å². The lowest BCUT2D eigenvalue weighted by Gasteiger charge is -2.22. The van der Waals surface area contributed by atoms with Crippen molar-refractivity contribution in [3.63, 3.8) is 0 Å². The molecule has 0 aliphatic carbocycles. The summed E-state index contributed by atoms with van der Waals surface area (Å²) in [6.45, 7) is 0. The van der Waals surface area contributed by atoms with Crippen LogP contribution in [0, 0.1) is 0 Å². The van der Waals surface area contributed by atoms with Crippen molar-refractivity contribution in [2.75, 3.05) is 0 Å². The molecule has 0 heterocycles. The lowest BCUT2D eigenvalue weighted by atomic mass is 9.81. The molecule has 0 amide bonds. The van der Waals surface area contributed by atoms with Crippen LogP contribution in [0.5, 0.6) is 0 Å². The Hall–Kier alpha value is -13.3. The Balaban J connectivity index is 0.892. The van der Waals surface area contributed by atoms with Gasteiger partial charge < -0.3 is 0 Å². The molecule has 0 nitrogen and oxygen atoms in total. The van der Waals surface area contributed by atoms with Gasteiger partial charge in [0, 0.05) is 0 Å². The van der Waals surface area contributed by atoms with Crippen LogP contribution in [0.1, 0.15) is 0 Å². The number of benzene rings is 20. The van der Waals surface area contributed by atoms with Gasteiger partial charge in [-0.2, -0.15) is 0 Å². The molecule has 0 aromatic heterocycles. The maximum absolute atomic E-state index is 2.50. The summed E-state index contributed by atoms with van der Waals surface area (Å²) in [5.41, 5.74) is 23.6. The molecule has 0 bridgehead atoms. The molecule has 20 aromatic carbocycles. The van der Waals surface area contributed by atoms with Crippen molar-refractivity contribution in [3.8, 4) is 111 Å². The van der Waals surface area contributed by atoms with Gasteiger partial charge in [-0.05, 0) is 263 Å². The summed E-state index contributed by atoms with van der Waals surface area (Å²) in [6.07, 6.45) is 0. The van der Waals surface area contributed by atoms with E-state index in [-0.39, 0.29) is 0 Å². The molecule has 0 radical (unpaired) electrons. The predicted molar refractivity (Wildman–Crippen MR) is 438 cm³/mol. The van der Waals surface area contributed by atoms with E-state index in [1.807, 2.05) is 0 Å². The molecule has 0 N–H and O–H groups in total. The normalized spacial score (nSPS) is 11.7. The second kappa shape index (κ2) is 24.3. The van der Waals surface area contributed by atoms with E-state index in [9.17, 15) is 0 Å². The second-order valence-corrected chi connectivity index (χ2v) is 27.3. The van der Waals surface area contributed by atoms with E-state index in [0.29, 0.717) is 0 Å². The minimum absolute atomic E-state index is 1.13. The summed E-state index contributed by atoms with van der Waals surface area (Å²) in [5, 5.41) is 21.9. The molecule has 0 aliphatic heterocycles. The molecule has 20 aromatic rings. The smallest absolute Gasteiger partial charge is 0.00199 e. The first-order valence-electron chi connectivity index (χ1n) is 35.4. The van der Waals surface area contributed by atoms with Gasteiger partial charge in [0.05, 0.1) is 0 Å². The number of rotatable bonds is 10. The van der Waals surface area contributed by atoms with Crippen molar-refractivity contribution < 1.29 is 0 Å². The summed E-state index contributed by atoms with van der Waals surface area (Å²) >= 11 is 0. The van der Waals surface area contributed by atoms with Crippen molar-refractivity contribution in [1.29, 1.82) is 0 Å². The van der Waals surface area contributed by atoms with E-state index in [1.54, 1.807) is 0 Å². The largest absolute Gasteiger partial charge is 0.0616 e. The van der Waals surface area contributed by atoms with E-state index >= 15 is 0 Å². The van der Waals surface area contributed by atoms with Crippen LogP contribution in [0.25, 0.3) is 208 Å². The minimum atomic E-state index is 1.13. The van der Waals surface area contributed by atoms with E-state index < -0.39 is 0 Å². The standard InChI is InChI=1S/C102H64/c1-7-36-80-65(24-1)30-17-46-86(80)75-57-73(58-76(63-75)87-47-18-31-66-25-2-8-37-81(66)87)71-56-72(74-59-77(88-48-19-32-67-26-3-9-38-82(67)88)64-78(60-74)89-49-20-33-68-27-4-10-39-83(68)89)62-79(61-71)100-95-42-13-15-44-97(95)102(98-45-16-14-43-96(98)100)99-55-54-92(90-50-21-34-69-28-5-11-40-84(69)90)94-53-23-52-93(101(94)99)91-51-22-35-70-29-6-12-41-85(70)91/h1-64H. The zero-order valence-corrected chi connectivity index (χ0v) is 56.0. The Morgan fingerprint density at radius 3 is 0.667 bits per heavy atom. The number of fused-ring (bicyclic) bond motifs is 9. The summed E-state index contributed by atoms with van der Waals surface area (Å²) in [5.74, 6) is 0. The molecule has 0 spiro atoms. The third kappa shape index (κ3) is 9.90. The highest BCUT2D eigenvalue weighted by atomic mass is 14.3. The van der Waals surface area contributed by atoms with Crippen molar-refractivity contribution in [2.24, 2.45) is 0 Å². The van der Waals surface area contributed by atoms with Gasteiger partial charge in [-0.15, -0.1) is 0 Å². The zero-order valence-electron chi connectivity index (χ0n) is 56.0. The molecule has 102 heavy (non-hydrogen) atoms. The van der Waals surface area contributed by atoms with Gasteiger partial charge in [-0.25, -0.2) is 0 Å². The highest BCUT2D eigenvalue weighted by Gasteiger charge is 2.25. The molecule has 20 rings (SSSR count). The first kappa shape index (κ1) is 58.9. The number of hydrogen-bond donors (Lipinski definition) is 0. The quantitative estimate of drug-likeness (QED) is 0.120. The monoisotopic (exact) mass is 1290 g/mol. The van der Waals surface area contributed by atoms with Crippen LogP contribution in [0.15, 0.2) is 388 Å². The highest BCUT2D eigenvalue weighted by Crippen LogP contribution is 2.52. The Morgan fingerprint density at radius 2 is 0.314 bits per heavy atom. The third-order valence-corrected chi connectivity index (χ3v) is 21.6. The van der Waals surface area contributed by atoms with E-state index in [4.69, 9.17) is 0 Å². The van der Waals surface area contributed by atoms with Crippen LogP contribution in [0.2, 0.25) is 0 Å².